The molecule has 114 valence electrons. The van der Waals surface area contributed by atoms with Crippen molar-refractivity contribution in [3.05, 3.63) is 58.5 Å². The van der Waals surface area contributed by atoms with E-state index in [2.05, 4.69) is 4.98 Å². The van der Waals surface area contributed by atoms with E-state index in [0.717, 1.165) is 11.1 Å². The van der Waals surface area contributed by atoms with Gasteiger partial charge in [0, 0.05) is 11.7 Å². The Kier molecular flexibility index (Phi) is 3.50. The Morgan fingerprint density at radius 2 is 1.73 bits per heavy atom. The fourth-order valence-corrected chi connectivity index (χ4v) is 4.33. The van der Waals surface area contributed by atoms with Crippen molar-refractivity contribution >= 4 is 32.3 Å². The fourth-order valence-electron chi connectivity index (χ4n) is 2.55. The average Bonchev–Trinajstić information content (AvgIpc) is 2.87. The molecule has 0 atom stereocenters. The van der Waals surface area contributed by atoms with Gasteiger partial charge in [0.15, 0.2) is 5.82 Å². The molecule has 0 aliphatic carbocycles. The van der Waals surface area contributed by atoms with Crippen LogP contribution in [0.3, 0.4) is 0 Å². The third kappa shape index (κ3) is 2.30. The minimum Gasteiger partial charge on any atom is -0.360 e. The number of hydrogen-bond acceptors (Lipinski definition) is 2. The lowest BCUT2D eigenvalue weighted by Crippen LogP contribution is -2.03. The number of halogens is 2. The number of aromatic nitrogens is 1. The Bertz CT molecular complexity index is 973. The Balaban J connectivity index is 2.32. The first kappa shape index (κ1) is 15.1. The van der Waals surface area contributed by atoms with Crippen LogP contribution < -0.4 is 0 Å². The van der Waals surface area contributed by atoms with Crippen molar-refractivity contribution in [2.45, 2.75) is 23.6 Å². The van der Waals surface area contributed by atoms with E-state index < -0.39 is 15.7 Å². The van der Waals surface area contributed by atoms with Gasteiger partial charge in [-0.1, -0.05) is 17.7 Å². The minimum atomic E-state index is -3.84. The summed E-state index contributed by atoms with van der Waals surface area (Å²) in [5, 5.41) is -0.115. The van der Waals surface area contributed by atoms with Gasteiger partial charge in [0.25, 0.3) is 0 Å². The smallest absolute Gasteiger partial charge is 0.208 e. The van der Waals surface area contributed by atoms with Crippen LogP contribution >= 0.6 is 11.6 Å². The normalized spacial score (nSPS) is 12.0. The van der Waals surface area contributed by atoms with Crippen molar-refractivity contribution in [2.24, 2.45) is 0 Å². The second-order valence-corrected chi connectivity index (χ2v) is 7.59. The number of H-pyrrole nitrogens is 1. The third-order valence-electron chi connectivity index (χ3n) is 3.50. The summed E-state index contributed by atoms with van der Waals surface area (Å²) in [4.78, 5) is 2.82. The minimum absolute atomic E-state index is 0.00772. The van der Waals surface area contributed by atoms with Crippen LogP contribution in [0.1, 0.15) is 11.1 Å². The second kappa shape index (κ2) is 5.11. The van der Waals surface area contributed by atoms with Crippen LogP contribution in [0.2, 0.25) is 5.02 Å². The van der Waals surface area contributed by atoms with Crippen molar-refractivity contribution < 1.29 is 12.8 Å². The van der Waals surface area contributed by atoms with Gasteiger partial charge in [-0.2, -0.15) is 0 Å². The van der Waals surface area contributed by atoms with Crippen molar-refractivity contribution in [1.82, 2.24) is 4.98 Å². The van der Waals surface area contributed by atoms with Crippen LogP contribution in [0.4, 0.5) is 4.39 Å². The predicted molar refractivity (Wildman–Crippen MR) is 84.6 cm³/mol. The first-order valence-corrected chi connectivity index (χ1v) is 8.45. The third-order valence-corrected chi connectivity index (χ3v) is 5.54. The SMILES string of the molecule is Cc1cc(C)cc(S(=O)(=O)c2c[nH]c3ccc(Cl)c(F)c23)c1. The van der Waals surface area contributed by atoms with E-state index in [4.69, 9.17) is 11.6 Å². The molecule has 1 heterocycles. The molecule has 3 nitrogen and oxygen atoms in total. The molecule has 0 radical (unpaired) electrons. The highest BCUT2D eigenvalue weighted by Gasteiger charge is 2.25. The highest BCUT2D eigenvalue weighted by molar-refractivity contribution is 7.91. The molecule has 1 aromatic heterocycles. The van der Waals surface area contributed by atoms with E-state index in [-0.39, 0.29) is 20.2 Å². The number of fused-ring (bicyclic) bond motifs is 1. The van der Waals surface area contributed by atoms with Crippen molar-refractivity contribution in [3.8, 4) is 0 Å². The first-order chi connectivity index (χ1) is 10.3. The standard InChI is InChI=1S/C16H13ClFNO2S/c1-9-5-10(2)7-11(6-9)22(20,21)14-8-19-13-4-3-12(17)16(18)15(13)14/h3-8,19H,1-2H3. The molecule has 0 fully saturated rings. The lowest BCUT2D eigenvalue weighted by Gasteiger charge is -2.07. The summed E-state index contributed by atoms with van der Waals surface area (Å²) in [6, 6.07) is 7.98. The van der Waals surface area contributed by atoms with Crippen molar-refractivity contribution in [2.75, 3.05) is 0 Å². The van der Waals surface area contributed by atoms with Gasteiger partial charge in [-0.15, -0.1) is 0 Å². The summed E-state index contributed by atoms with van der Waals surface area (Å²) >= 11 is 5.78. The summed E-state index contributed by atoms with van der Waals surface area (Å²) in [6.45, 7) is 3.64. The molecule has 1 N–H and O–H groups in total. The predicted octanol–water partition coefficient (Wildman–Crippen LogP) is 4.41. The summed E-state index contributed by atoms with van der Waals surface area (Å²) in [5.74, 6) is -0.733. The zero-order chi connectivity index (χ0) is 16.1. The molecular formula is C16H13ClFNO2S. The molecule has 0 saturated heterocycles. The Morgan fingerprint density at radius 1 is 1.09 bits per heavy atom. The van der Waals surface area contributed by atoms with Crippen LogP contribution in [0, 0.1) is 19.7 Å². The van der Waals surface area contributed by atoms with Crippen LogP contribution in [-0.4, -0.2) is 13.4 Å². The monoisotopic (exact) mass is 337 g/mol. The molecule has 0 spiro atoms. The van der Waals surface area contributed by atoms with E-state index in [1.54, 1.807) is 18.2 Å². The average molecular weight is 338 g/mol. The number of hydrogen-bond donors (Lipinski definition) is 1. The van der Waals surface area contributed by atoms with Gasteiger partial charge < -0.3 is 4.98 Å². The molecule has 0 amide bonds. The van der Waals surface area contributed by atoms with Gasteiger partial charge in [0.1, 0.15) is 0 Å². The first-order valence-electron chi connectivity index (χ1n) is 6.59. The maximum atomic E-state index is 14.3. The number of sulfone groups is 1. The van der Waals surface area contributed by atoms with Crippen LogP contribution in [0.25, 0.3) is 10.9 Å². The molecule has 0 aliphatic rings. The number of nitrogens with one attached hydrogen (secondary N) is 1. The number of aryl methyl sites for hydroxylation is 2. The number of benzene rings is 2. The lowest BCUT2D eigenvalue weighted by atomic mass is 10.2. The van der Waals surface area contributed by atoms with E-state index in [0.29, 0.717) is 5.52 Å². The molecule has 3 aromatic rings. The Morgan fingerprint density at radius 3 is 2.36 bits per heavy atom. The van der Waals surface area contributed by atoms with Gasteiger partial charge in [-0.3, -0.25) is 0 Å². The van der Waals surface area contributed by atoms with E-state index in [1.807, 2.05) is 19.9 Å². The quantitative estimate of drug-likeness (QED) is 0.753. The lowest BCUT2D eigenvalue weighted by molar-refractivity contribution is 0.595. The van der Waals surface area contributed by atoms with Gasteiger partial charge in [-0.25, -0.2) is 12.8 Å². The zero-order valence-corrected chi connectivity index (χ0v) is 13.5. The zero-order valence-electron chi connectivity index (χ0n) is 11.9. The molecule has 0 unspecified atom stereocenters. The summed E-state index contributed by atoms with van der Waals surface area (Å²) in [6.07, 6.45) is 1.30. The van der Waals surface area contributed by atoms with E-state index >= 15 is 0 Å². The number of rotatable bonds is 2. The van der Waals surface area contributed by atoms with E-state index in [1.165, 1.54) is 12.3 Å². The Hall–Kier alpha value is -1.85. The molecular weight excluding hydrogens is 325 g/mol. The van der Waals surface area contributed by atoms with Crippen LogP contribution in [-0.2, 0) is 9.84 Å². The molecule has 2 aromatic carbocycles. The molecule has 6 heteroatoms. The molecule has 0 aliphatic heterocycles. The van der Waals surface area contributed by atoms with Gasteiger partial charge in [0.2, 0.25) is 9.84 Å². The fraction of sp³-hybridized carbons (Fsp3) is 0.125. The van der Waals surface area contributed by atoms with E-state index in [9.17, 15) is 12.8 Å². The van der Waals surface area contributed by atoms with Crippen LogP contribution in [0.5, 0.6) is 0 Å². The van der Waals surface area contributed by atoms with Gasteiger partial charge in [-0.05, 0) is 49.2 Å². The molecule has 0 bridgehead atoms. The topological polar surface area (TPSA) is 49.9 Å². The molecule has 0 saturated carbocycles. The maximum absolute atomic E-state index is 14.3. The van der Waals surface area contributed by atoms with Crippen molar-refractivity contribution in [1.29, 1.82) is 0 Å². The summed E-state index contributed by atoms with van der Waals surface area (Å²) < 4.78 is 40.0. The van der Waals surface area contributed by atoms with Crippen LogP contribution in [0.15, 0.2) is 46.3 Å². The maximum Gasteiger partial charge on any atom is 0.208 e. The summed E-state index contributed by atoms with van der Waals surface area (Å²) in [5.41, 5.74) is 2.05. The van der Waals surface area contributed by atoms with Gasteiger partial charge >= 0.3 is 0 Å². The van der Waals surface area contributed by atoms with Crippen molar-refractivity contribution in [3.63, 3.8) is 0 Å². The molecule has 22 heavy (non-hydrogen) atoms. The summed E-state index contributed by atoms with van der Waals surface area (Å²) in [7, 11) is -3.84. The Labute approximate surface area is 132 Å². The number of aromatic amines is 1. The molecule has 3 rings (SSSR count). The largest absolute Gasteiger partial charge is 0.360 e. The second-order valence-electron chi connectivity index (χ2n) is 5.26. The highest BCUT2D eigenvalue weighted by Crippen LogP contribution is 2.33. The highest BCUT2D eigenvalue weighted by atomic mass is 35.5. The van der Waals surface area contributed by atoms with Gasteiger partial charge in [0.05, 0.1) is 20.2 Å².